The smallest absolute Gasteiger partial charge is 0.242 e. The highest BCUT2D eigenvalue weighted by atomic mass is 19.1. The van der Waals surface area contributed by atoms with Crippen LogP contribution in [0, 0.1) is 25.6 Å². The van der Waals surface area contributed by atoms with Crippen LogP contribution in [0.4, 0.5) is 4.39 Å². The first-order valence-electron chi connectivity index (χ1n) is 10.1. The predicted octanol–water partition coefficient (Wildman–Crippen LogP) is 4.17. The monoisotopic (exact) mass is 398 g/mol. The lowest BCUT2D eigenvalue weighted by Gasteiger charge is -2.29. The van der Waals surface area contributed by atoms with Crippen LogP contribution in [0.2, 0.25) is 0 Å². The lowest BCUT2D eigenvalue weighted by molar-refractivity contribution is -0.140. The molecule has 5 heteroatoms. The molecule has 0 fully saturated rings. The highest BCUT2D eigenvalue weighted by Crippen LogP contribution is 2.17. The molecule has 0 aliphatic heterocycles. The summed E-state index contributed by atoms with van der Waals surface area (Å²) in [5, 5.41) is 2.88. The Morgan fingerprint density at radius 1 is 1.03 bits per heavy atom. The first-order valence-corrected chi connectivity index (χ1v) is 10.1. The van der Waals surface area contributed by atoms with Gasteiger partial charge in [0.15, 0.2) is 0 Å². The highest BCUT2D eigenvalue weighted by molar-refractivity contribution is 5.88. The van der Waals surface area contributed by atoms with Crippen molar-refractivity contribution in [3.63, 3.8) is 0 Å². The third-order valence-corrected chi connectivity index (χ3v) is 5.00. The Kier molecular flexibility index (Phi) is 7.94. The van der Waals surface area contributed by atoms with Gasteiger partial charge in [0.2, 0.25) is 11.8 Å². The number of carbonyl (C=O) groups excluding carboxylic acids is 2. The third kappa shape index (κ3) is 6.41. The van der Waals surface area contributed by atoms with Gasteiger partial charge in [0.1, 0.15) is 11.9 Å². The van der Waals surface area contributed by atoms with Crippen LogP contribution in [-0.4, -0.2) is 29.3 Å². The van der Waals surface area contributed by atoms with Crippen molar-refractivity contribution in [2.24, 2.45) is 5.92 Å². The summed E-state index contributed by atoms with van der Waals surface area (Å²) < 4.78 is 14.2. The van der Waals surface area contributed by atoms with Crippen LogP contribution in [0.25, 0.3) is 0 Å². The van der Waals surface area contributed by atoms with Crippen molar-refractivity contribution in [3.05, 3.63) is 70.5 Å². The minimum Gasteiger partial charge on any atom is -0.354 e. The van der Waals surface area contributed by atoms with Crippen LogP contribution in [-0.2, 0) is 22.6 Å². The fourth-order valence-electron chi connectivity index (χ4n) is 3.10. The van der Waals surface area contributed by atoms with E-state index in [4.69, 9.17) is 0 Å². The summed E-state index contributed by atoms with van der Waals surface area (Å²) in [5.41, 5.74) is 3.40. The topological polar surface area (TPSA) is 49.4 Å². The standard InChI is InChI=1S/C24H31FN2O2/c1-16(2)14-26-24(29)19(5)27(15-20-8-6-7-9-22(20)25)23(28)13-21-12-17(3)10-11-18(21)4/h6-12,16,19H,13-15H2,1-5H3,(H,26,29)/t19-/m0/s1. The number of carbonyl (C=O) groups is 2. The second-order valence-corrected chi connectivity index (χ2v) is 8.03. The first-order chi connectivity index (χ1) is 13.7. The van der Waals surface area contributed by atoms with Crippen LogP contribution < -0.4 is 5.32 Å². The summed E-state index contributed by atoms with van der Waals surface area (Å²) in [6.45, 7) is 10.2. The van der Waals surface area contributed by atoms with Crippen molar-refractivity contribution < 1.29 is 14.0 Å². The number of amides is 2. The van der Waals surface area contributed by atoms with Gasteiger partial charge in [-0.05, 0) is 43.9 Å². The van der Waals surface area contributed by atoms with Crippen molar-refractivity contribution in [2.75, 3.05) is 6.54 Å². The fourth-order valence-corrected chi connectivity index (χ4v) is 3.10. The summed E-state index contributed by atoms with van der Waals surface area (Å²) in [6, 6.07) is 11.6. The molecule has 29 heavy (non-hydrogen) atoms. The molecule has 0 bridgehead atoms. The minimum absolute atomic E-state index is 0.0482. The maximum atomic E-state index is 14.2. The summed E-state index contributed by atoms with van der Waals surface area (Å²) in [4.78, 5) is 27.3. The van der Waals surface area contributed by atoms with Gasteiger partial charge in [-0.15, -0.1) is 0 Å². The Bertz CT molecular complexity index is 864. The molecule has 0 heterocycles. The molecule has 2 amide bonds. The van der Waals surface area contributed by atoms with E-state index in [0.717, 1.165) is 16.7 Å². The molecule has 0 aliphatic rings. The van der Waals surface area contributed by atoms with Crippen molar-refractivity contribution in [1.82, 2.24) is 10.2 Å². The summed E-state index contributed by atoms with van der Waals surface area (Å²) in [6.07, 6.45) is 0.170. The van der Waals surface area contributed by atoms with E-state index in [2.05, 4.69) is 5.32 Å². The van der Waals surface area contributed by atoms with Crippen LogP contribution in [0.5, 0.6) is 0 Å². The summed E-state index contributed by atoms with van der Waals surface area (Å²) in [7, 11) is 0. The molecule has 0 saturated heterocycles. The van der Waals surface area contributed by atoms with Crippen molar-refractivity contribution in [3.8, 4) is 0 Å². The molecule has 2 aromatic carbocycles. The number of hydrogen-bond donors (Lipinski definition) is 1. The van der Waals surface area contributed by atoms with E-state index < -0.39 is 6.04 Å². The largest absolute Gasteiger partial charge is 0.354 e. The second kappa shape index (κ2) is 10.2. The molecular formula is C24H31FN2O2. The van der Waals surface area contributed by atoms with E-state index in [1.807, 2.05) is 45.9 Å². The van der Waals surface area contributed by atoms with E-state index in [-0.39, 0.29) is 30.6 Å². The Morgan fingerprint density at radius 3 is 2.38 bits per heavy atom. The average molecular weight is 399 g/mol. The summed E-state index contributed by atoms with van der Waals surface area (Å²) >= 11 is 0. The van der Waals surface area contributed by atoms with E-state index in [0.29, 0.717) is 18.0 Å². The minimum atomic E-state index is -0.703. The Balaban J connectivity index is 2.27. The van der Waals surface area contributed by atoms with Crippen LogP contribution in [0.15, 0.2) is 42.5 Å². The molecule has 2 aromatic rings. The fraction of sp³-hybridized carbons (Fsp3) is 0.417. The molecular weight excluding hydrogens is 367 g/mol. The lowest BCUT2D eigenvalue weighted by atomic mass is 10.0. The van der Waals surface area contributed by atoms with Gasteiger partial charge < -0.3 is 10.2 Å². The van der Waals surface area contributed by atoms with E-state index >= 15 is 0 Å². The molecule has 0 aliphatic carbocycles. The average Bonchev–Trinajstić information content (AvgIpc) is 2.67. The Morgan fingerprint density at radius 2 is 1.72 bits per heavy atom. The van der Waals surface area contributed by atoms with Crippen molar-refractivity contribution in [1.29, 1.82) is 0 Å². The number of rotatable bonds is 8. The van der Waals surface area contributed by atoms with Gasteiger partial charge in [0.25, 0.3) is 0 Å². The number of nitrogens with one attached hydrogen (secondary N) is 1. The maximum Gasteiger partial charge on any atom is 0.242 e. The van der Waals surface area contributed by atoms with Gasteiger partial charge in [0.05, 0.1) is 6.42 Å². The number of halogens is 1. The zero-order chi connectivity index (χ0) is 21.6. The normalized spacial score (nSPS) is 12.0. The number of hydrogen-bond acceptors (Lipinski definition) is 2. The Hall–Kier alpha value is -2.69. The lowest BCUT2D eigenvalue weighted by Crippen LogP contribution is -2.48. The molecule has 0 saturated carbocycles. The molecule has 4 nitrogen and oxygen atoms in total. The number of aryl methyl sites for hydroxylation is 2. The SMILES string of the molecule is Cc1ccc(C)c(CC(=O)N(Cc2ccccc2F)[C@@H](C)C(=O)NCC(C)C)c1. The van der Waals surface area contributed by atoms with Gasteiger partial charge >= 0.3 is 0 Å². The van der Waals surface area contributed by atoms with Crippen LogP contribution in [0.1, 0.15) is 43.0 Å². The van der Waals surface area contributed by atoms with Gasteiger partial charge in [0, 0.05) is 18.7 Å². The zero-order valence-electron chi connectivity index (χ0n) is 18.0. The van der Waals surface area contributed by atoms with E-state index in [1.165, 1.54) is 11.0 Å². The molecule has 0 spiro atoms. The first kappa shape index (κ1) is 22.6. The van der Waals surface area contributed by atoms with E-state index in [9.17, 15) is 14.0 Å². The van der Waals surface area contributed by atoms with Gasteiger partial charge in [-0.25, -0.2) is 4.39 Å². The van der Waals surface area contributed by atoms with Crippen LogP contribution >= 0.6 is 0 Å². The van der Waals surface area contributed by atoms with E-state index in [1.54, 1.807) is 25.1 Å². The molecule has 2 rings (SSSR count). The predicted molar refractivity (Wildman–Crippen MR) is 114 cm³/mol. The summed E-state index contributed by atoms with van der Waals surface area (Å²) in [5.74, 6) is -0.512. The second-order valence-electron chi connectivity index (χ2n) is 8.03. The van der Waals surface area contributed by atoms with Gasteiger partial charge in [-0.2, -0.15) is 0 Å². The molecule has 1 atom stereocenters. The molecule has 0 radical (unpaired) electrons. The van der Waals surface area contributed by atoms with Crippen molar-refractivity contribution in [2.45, 2.75) is 53.6 Å². The highest BCUT2D eigenvalue weighted by Gasteiger charge is 2.27. The molecule has 0 unspecified atom stereocenters. The van der Waals surface area contributed by atoms with Gasteiger partial charge in [-0.1, -0.05) is 55.8 Å². The quantitative estimate of drug-likeness (QED) is 0.725. The molecule has 1 N–H and O–H groups in total. The van der Waals surface area contributed by atoms with Gasteiger partial charge in [-0.3, -0.25) is 9.59 Å². The maximum absolute atomic E-state index is 14.2. The molecule has 0 aromatic heterocycles. The van der Waals surface area contributed by atoms with Crippen LogP contribution in [0.3, 0.4) is 0 Å². The number of nitrogens with zero attached hydrogens (tertiary/aromatic N) is 1. The van der Waals surface area contributed by atoms with Crippen molar-refractivity contribution >= 4 is 11.8 Å². The third-order valence-electron chi connectivity index (χ3n) is 5.00. The zero-order valence-corrected chi connectivity index (χ0v) is 18.0. The number of benzene rings is 2. The molecule has 156 valence electrons. The Labute approximate surface area is 173 Å².